The minimum absolute atomic E-state index is 0.0315. The zero-order valence-electron chi connectivity index (χ0n) is 19.0. The smallest absolute Gasteiger partial charge is 0.343 e. The number of piperazine rings is 1. The van der Waals surface area contributed by atoms with Gasteiger partial charge in [0.25, 0.3) is 5.82 Å². The number of nitro groups is 1. The molecule has 1 aliphatic heterocycles. The van der Waals surface area contributed by atoms with Crippen LogP contribution in [0, 0.1) is 10.1 Å². The van der Waals surface area contributed by atoms with E-state index >= 15 is 0 Å². The maximum Gasteiger partial charge on any atom is 0.343 e. The van der Waals surface area contributed by atoms with Crippen molar-refractivity contribution in [3.8, 4) is 11.6 Å². The van der Waals surface area contributed by atoms with E-state index in [1.807, 2.05) is 31.2 Å². The van der Waals surface area contributed by atoms with Gasteiger partial charge in [0.2, 0.25) is 5.82 Å². The summed E-state index contributed by atoms with van der Waals surface area (Å²) < 4.78 is 8.75. The highest BCUT2D eigenvalue weighted by Gasteiger charge is 2.26. The molecular weight excluding hydrogens is 426 g/mol. The van der Waals surface area contributed by atoms with Crippen molar-refractivity contribution in [3.63, 3.8) is 0 Å². The molecule has 0 spiro atoms. The lowest BCUT2D eigenvalue weighted by Gasteiger charge is -2.34. The van der Waals surface area contributed by atoms with Crippen molar-refractivity contribution >= 4 is 22.8 Å². The Bertz CT molecular complexity index is 1130. The molecule has 0 saturated carbocycles. The molecule has 3 aromatic rings. The molecule has 0 unspecified atom stereocenters. The molecule has 1 fully saturated rings. The third kappa shape index (κ3) is 5.04. The van der Waals surface area contributed by atoms with Crippen LogP contribution in [0.3, 0.4) is 0 Å². The second-order valence-corrected chi connectivity index (χ2v) is 8.04. The van der Waals surface area contributed by atoms with Gasteiger partial charge in [-0.05, 0) is 24.0 Å². The number of esters is 1. The topological polar surface area (TPSA) is 112 Å². The van der Waals surface area contributed by atoms with Crippen molar-refractivity contribution < 1.29 is 14.5 Å². The highest BCUT2D eigenvalue weighted by atomic mass is 16.6. The zero-order chi connectivity index (χ0) is 23.4. The van der Waals surface area contributed by atoms with Crippen molar-refractivity contribution in [2.75, 3.05) is 45.9 Å². The minimum Gasteiger partial charge on any atom is -0.465 e. The van der Waals surface area contributed by atoms with Gasteiger partial charge >= 0.3 is 11.8 Å². The van der Waals surface area contributed by atoms with Crippen LogP contribution in [0.25, 0.3) is 22.7 Å². The van der Waals surface area contributed by atoms with Gasteiger partial charge in [0.15, 0.2) is 0 Å². The van der Waals surface area contributed by atoms with Crippen molar-refractivity contribution in [2.45, 2.75) is 26.9 Å². The lowest BCUT2D eigenvalue weighted by Crippen LogP contribution is -2.48. The first-order valence-electron chi connectivity index (χ1n) is 11.2. The molecule has 1 aromatic carbocycles. The van der Waals surface area contributed by atoms with E-state index in [2.05, 4.69) is 19.4 Å². The van der Waals surface area contributed by atoms with E-state index in [9.17, 15) is 14.9 Å². The summed E-state index contributed by atoms with van der Waals surface area (Å²) in [5, 5.41) is 11.4. The van der Waals surface area contributed by atoms with Crippen LogP contribution in [0.2, 0.25) is 0 Å². The summed E-state index contributed by atoms with van der Waals surface area (Å²) in [7, 11) is 0. The van der Waals surface area contributed by atoms with Crippen LogP contribution in [-0.2, 0) is 22.6 Å². The highest BCUT2D eigenvalue weighted by molar-refractivity contribution is 5.79. The summed E-state index contributed by atoms with van der Waals surface area (Å²) in [6, 6.07) is 7.88. The summed E-state index contributed by atoms with van der Waals surface area (Å²) in [6.07, 6.45) is 1.30. The van der Waals surface area contributed by atoms with E-state index in [0.29, 0.717) is 31.3 Å². The van der Waals surface area contributed by atoms with Gasteiger partial charge in [-0.25, -0.2) is 14.5 Å². The molecule has 1 saturated heterocycles. The van der Waals surface area contributed by atoms with E-state index in [1.54, 1.807) is 4.57 Å². The van der Waals surface area contributed by atoms with Crippen LogP contribution in [0.1, 0.15) is 13.8 Å². The lowest BCUT2D eigenvalue weighted by molar-refractivity contribution is -0.392. The Hall–Kier alpha value is -3.31. The normalized spacial score (nSPS) is 15.2. The van der Waals surface area contributed by atoms with E-state index in [1.165, 1.54) is 13.1 Å². The average molecular weight is 456 g/mol. The molecule has 33 heavy (non-hydrogen) atoms. The molecule has 0 N–H and O–H groups in total. The van der Waals surface area contributed by atoms with Gasteiger partial charge in [0.05, 0.1) is 17.6 Å². The van der Waals surface area contributed by atoms with Crippen LogP contribution in [0.5, 0.6) is 0 Å². The van der Waals surface area contributed by atoms with Gasteiger partial charge in [-0.3, -0.25) is 14.6 Å². The number of hydrogen-bond donors (Lipinski definition) is 0. The lowest BCUT2D eigenvalue weighted by atomic mass is 10.3. The number of carbonyl (C=O) groups is 1. The summed E-state index contributed by atoms with van der Waals surface area (Å²) in [6.45, 7) is 10.1. The molecule has 0 aliphatic carbocycles. The molecule has 3 heterocycles. The fourth-order valence-electron chi connectivity index (χ4n) is 4.27. The average Bonchev–Trinajstić information content (AvgIpc) is 3.39. The predicted octanol–water partition coefficient (Wildman–Crippen LogP) is 2.01. The fourth-order valence-corrected chi connectivity index (χ4v) is 4.27. The van der Waals surface area contributed by atoms with Gasteiger partial charge in [-0.2, -0.15) is 0 Å². The van der Waals surface area contributed by atoms with Crippen molar-refractivity contribution in [1.82, 2.24) is 28.9 Å². The summed E-state index contributed by atoms with van der Waals surface area (Å²) in [5.74, 6) is 0.879. The van der Waals surface area contributed by atoms with E-state index < -0.39 is 4.92 Å². The zero-order valence-corrected chi connectivity index (χ0v) is 19.0. The van der Waals surface area contributed by atoms with E-state index in [4.69, 9.17) is 9.72 Å². The molecule has 0 atom stereocenters. The van der Waals surface area contributed by atoms with Crippen LogP contribution in [0.15, 0.2) is 30.5 Å². The number of para-hydroxylation sites is 2. The molecule has 11 nitrogen and oxygen atoms in total. The summed E-state index contributed by atoms with van der Waals surface area (Å²) >= 11 is 0. The summed E-state index contributed by atoms with van der Waals surface area (Å²) in [4.78, 5) is 35.8. The molecule has 0 radical (unpaired) electrons. The molecule has 2 aromatic heterocycles. The SMILES string of the molecule is CCn1c([N+](=O)[O-])cnc1-c1nc2ccccc2n1CCN1CCN(CCOC(C)=O)CC1. The second-order valence-electron chi connectivity index (χ2n) is 8.04. The van der Waals surface area contributed by atoms with Gasteiger partial charge in [0, 0.05) is 52.7 Å². The van der Waals surface area contributed by atoms with Crippen LogP contribution in [0.4, 0.5) is 5.82 Å². The fraction of sp³-hybridized carbons (Fsp3) is 0.500. The quantitative estimate of drug-likeness (QED) is 0.274. The first-order valence-corrected chi connectivity index (χ1v) is 11.2. The third-order valence-corrected chi connectivity index (χ3v) is 6.01. The molecule has 176 valence electrons. The summed E-state index contributed by atoms with van der Waals surface area (Å²) in [5.41, 5.74) is 1.83. The van der Waals surface area contributed by atoms with E-state index in [0.717, 1.165) is 50.3 Å². The van der Waals surface area contributed by atoms with Gasteiger partial charge in [-0.1, -0.05) is 12.1 Å². The number of imidazole rings is 2. The Morgan fingerprint density at radius 3 is 2.42 bits per heavy atom. The Morgan fingerprint density at radius 2 is 1.76 bits per heavy atom. The minimum atomic E-state index is -0.409. The number of ether oxygens (including phenoxy) is 1. The Labute approximate surface area is 191 Å². The number of fused-ring (bicyclic) bond motifs is 1. The Kier molecular flexibility index (Phi) is 6.99. The van der Waals surface area contributed by atoms with Crippen LogP contribution in [-0.4, -0.2) is 85.7 Å². The molecule has 0 bridgehead atoms. The maximum atomic E-state index is 11.4. The van der Waals surface area contributed by atoms with Gasteiger partial charge < -0.3 is 19.4 Å². The maximum absolute atomic E-state index is 11.4. The van der Waals surface area contributed by atoms with Crippen LogP contribution < -0.4 is 0 Å². The molecule has 4 rings (SSSR count). The number of hydrogen-bond acceptors (Lipinski definition) is 8. The number of benzene rings is 1. The first-order chi connectivity index (χ1) is 16.0. The Morgan fingerprint density at radius 1 is 1.06 bits per heavy atom. The number of nitrogens with zero attached hydrogens (tertiary/aromatic N) is 7. The van der Waals surface area contributed by atoms with Gasteiger partial charge in [0.1, 0.15) is 12.8 Å². The third-order valence-electron chi connectivity index (χ3n) is 6.01. The largest absolute Gasteiger partial charge is 0.465 e. The number of carbonyl (C=O) groups excluding carboxylic acids is 1. The molecule has 11 heteroatoms. The van der Waals surface area contributed by atoms with Crippen molar-refractivity contribution in [2.24, 2.45) is 0 Å². The Balaban J connectivity index is 1.49. The molecular formula is C22H29N7O4. The predicted molar refractivity (Wildman–Crippen MR) is 123 cm³/mol. The molecule has 0 amide bonds. The standard InChI is InChI=1S/C22H29N7O4/c1-3-27-20(29(31)32)16-23-21(27)22-24-18-6-4-5-7-19(18)28(22)13-12-25-8-10-26(11-9-25)14-15-33-17(2)30/h4-7,16H,3,8-15H2,1-2H3. The number of aromatic nitrogens is 4. The second kappa shape index (κ2) is 10.1. The molecule has 1 aliphatic rings. The van der Waals surface area contributed by atoms with Crippen molar-refractivity contribution in [3.05, 3.63) is 40.6 Å². The van der Waals surface area contributed by atoms with Crippen LogP contribution >= 0.6 is 0 Å². The van der Waals surface area contributed by atoms with Crippen molar-refractivity contribution in [1.29, 1.82) is 0 Å². The highest BCUT2D eigenvalue weighted by Crippen LogP contribution is 2.27. The monoisotopic (exact) mass is 455 g/mol. The number of rotatable bonds is 9. The van der Waals surface area contributed by atoms with Gasteiger partial charge in [-0.15, -0.1) is 0 Å². The first kappa shape index (κ1) is 22.9. The van der Waals surface area contributed by atoms with E-state index in [-0.39, 0.29) is 11.8 Å².